The molecule has 0 aliphatic heterocycles. The number of ether oxygens (including phenoxy) is 1. The normalized spacial score (nSPS) is 12.6. The molecule has 4 nitrogen and oxygen atoms in total. The Bertz CT molecular complexity index is 384. The van der Waals surface area contributed by atoms with Crippen LogP contribution >= 0.6 is 11.6 Å². The smallest absolute Gasteiger partial charge is 0.137 e. The van der Waals surface area contributed by atoms with Crippen molar-refractivity contribution in [3.8, 4) is 0 Å². The molecule has 0 aliphatic carbocycles. The van der Waals surface area contributed by atoms with Crippen LogP contribution in [0.3, 0.4) is 0 Å². The Kier molecular flexibility index (Phi) is 5.15. The third kappa shape index (κ3) is 3.30. The van der Waals surface area contributed by atoms with E-state index in [4.69, 9.17) is 16.3 Å². The van der Waals surface area contributed by atoms with Crippen molar-refractivity contribution in [1.82, 2.24) is 9.97 Å². The van der Waals surface area contributed by atoms with E-state index in [1.165, 1.54) is 0 Å². The first kappa shape index (κ1) is 14.2. The SMILES string of the molecule is CCN(c1nc(C)nc(Cl)c1C)C(C)COC. The number of halogens is 1. The van der Waals surface area contributed by atoms with Crippen molar-refractivity contribution in [2.24, 2.45) is 0 Å². The van der Waals surface area contributed by atoms with Gasteiger partial charge < -0.3 is 9.64 Å². The monoisotopic (exact) mass is 257 g/mol. The van der Waals surface area contributed by atoms with E-state index >= 15 is 0 Å². The fourth-order valence-corrected chi connectivity index (χ4v) is 2.07. The van der Waals surface area contributed by atoms with Crippen molar-refractivity contribution < 1.29 is 4.74 Å². The number of aromatic nitrogens is 2. The fraction of sp³-hybridized carbons (Fsp3) is 0.667. The third-order valence-electron chi connectivity index (χ3n) is 2.73. The average molecular weight is 258 g/mol. The summed E-state index contributed by atoms with van der Waals surface area (Å²) >= 11 is 6.09. The third-order valence-corrected chi connectivity index (χ3v) is 3.09. The van der Waals surface area contributed by atoms with Gasteiger partial charge in [0.25, 0.3) is 0 Å². The van der Waals surface area contributed by atoms with Crippen molar-refractivity contribution in [3.63, 3.8) is 0 Å². The molecule has 0 saturated heterocycles. The zero-order chi connectivity index (χ0) is 13.0. The van der Waals surface area contributed by atoms with Crippen LogP contribution in [0.2, 0.25) is 5.15 Å². The Labute approximate surface area is 108 Å². The van der Waals surface area contributed by atoms with Crippen LogP contribution in [0.25, 0.3) is 0 Å². The van der Waals surface area contributed by atoms with E-state index in [0.717, 1.165) is 17.9 Å². The molecule has 1 aromatic rings. The molecular formula is C12H20ClN3O. The highest BCUT2D eigenvalue weighted by Gasteiger charge is 2.18. The van der Waals surface area contributed by atoms with Gasteiger partial charge in [-0.05, 0) is 27.7 Å². The van der Waals surface area contributed by atoms with Gasteiger partial charge in [0.1, 0.15) is 16.8 Å². The van der Waals surface area contributed by atoms with Crippen LogP contribution < -0.4 is 4.90 Å². The summed E-state index contributed by atoms with van der Waals surface area (Å²) in [4.78, 5) is 10.8. The molecule has 1 aromatic heterocycles. The molecule has 1 heterocycles. The molecule has 17 heavy (non-hydrogen) atoms. The Morgan fingerprint density at radius 3 is 2.53 bits per heavy atom. The second kappa shape index (κ2) is 6.17. The van der Waals surface area contributed by atoms with Crippen LogP contribution in [0.1, 0.15) is 25.2 Å². The van der Waals surface area contributed by atoms with Gasteiger partial charge in [0.05, 0.1) is 12.6 Å². The quantitative estimate of drug-likeness (QED) is 0.760. The van der Waals surface area contributed by atoms with Gasteiger partial charge >= 0.3 is 0 Å². The Hall–Kier alpha value is -0.870. The molecule has 96 valence electrons. The summed E-state index contributed by atoms with van der Waals surface area (Å²) < 4.78 is 5.19. The van der Waals surface area contributed by atoms with Gasteiger partial charge in [-0.15, -0.1) is 0 Å². The highest BCUT2D eigenvalue weighted by Crippen LogP contribution is 2.24. The Morgan fingerprint density at radius 2 is 2.00 bits per heavy atom. The summed E-state index contributed by atoms with van der Waals surface area (Å²) in [6.07, 6.45) is 0. The standard InChI is InChI=1S/C12H20ClN3O/c1-6-16(8(2)7-17-5)12-9(3)11(13)14-10(4)15-12/h8H,6-7H2,1-5H3. The summed E-state index contributed by atoms with van der Waals surface area (Å²) in [5.41, 5.74) is 0.919. The van der Waals surface area contributed by atoms with E-state index in [1.54, 1.807) is 7.11 Å². The van der Waals surface area contributed by atoms with Crippen LogP contribution in [0.4, 0.5) is 5.82 Å². The number of hydrogen-bond donors (Lipinski definition) is 0. The zero-order valence-corrected chi connectivity index (χ0v) is 11.9. The lowest BCUT2D eigenvalue weighted by atomic mass is 10.2. The van der Waals surface area contributed by atoms with Crippen molar-refractivity contribution in [2.75, 3.05) is 25.2 Å². The van der Waals surface area contributed by atoms with Gasteiger partial charge in [-0.1, -0.05) is 11.6 Å². The summed E-state index contributed by atoms with van der Waals surface area (Å²) in [6.45, 7) is 9.52. The molecule has 0 amide bonds. The maximum absolute atomic E-state index is 6.09. The van der Waals surface area contributed by atoms with Gasteiger partial charge in [0.15, 0.2) is 0 Å². The maximum Gasteiger partial charge on any atom is 0.137 e. The first-order chi connectivity index (χ1) is 8.01. The van der Waals surface area contributed by atoms with Crippen LogP contribution in [-0.4, -0.2) is 36.3 Å². The minimum atomic E-state index is 0.258. The lowest BCUT2D eigenvalue weighted by molar-refractivity contribution is 0.181. The number of rotatable bonds is 5. The predicted octanol–water partition coefficient (Wildman–Crippen LogP) is 2.61. The number of nitrogens with zero attached hydrogens (tertiary/aromatic N) is 3. The molecule has 0 spiro atoms. The molecule has 0 radical (unpaired) electrons. The lowest BCUT2D eigenvalue weighted by Crippen LogP contribution is -2.37. The van der Waals surface area contributed by atoms with Crippen molar-refractivity contribution >= 4 is 17.4 Å². The van der Waals surface area contributed by atoms with Crippen LogP contribution in [0, 0.1) is 13.8 Å². The van der Waals surface area contributed by atoms with Crippen molar-refractivity contribution in [1.29, 1.82) is 0 Å². The van der Waals surface area contributed by atoms with E-state index in [1.807, 2.05) is 13.8 Å². The minimum Gasteiger partial charge on any atom is -0.383 e. The molecule has 1 atom stereocenters. The molecule has 1 rings (SSSR count). The van der Waals surface area contributed by atoms with Gasteiger partial charge in [0, 0.05) is 19.2 Å². The summed E-state index contributed by atoms with van der Waals surface area (Å²) in [5.74, 6) is 1.59. The van der Waals surface area contributed by atoms with E-state index in [-0.39, 0.29) is 6.04 Å². The molecule has 0 N–H and O–H groups in total. The minimum absolute atomic E-state index is 0.258. The van der Waals surface area contributed by atoms with Crippen molar-refractivity contribution in [2.45, 2.75) is 33.7 Å². The first-order valence-electron chi connectivity index (χ1n) is 5.77. The fourth-order valence-electron chi connectivity index (χ4n) is 1.86. The molecular weight excluding hydrogens is 238 g/mol. The van der Waals surface area contributed by atoms with Gasteiger partial charge in [0.2, 0.25) is 0 Å². The summed E-state index contributed by atoms with van der Waals surface area (Å²) in [5, 5.41) is 0.524. The molecule has 0 bridgehead atoms. The average Bonchev–Trinajstić information content (AvgIpc) is 2.26. The number of aryl methyl sites for hydroxylation is 1. The van der Waals surface area contributed by atoms with E-state index in [9.17, 15) is 0 Å². The molecule has 0 aliphatic rings. The van der Waals surface area contributed by atoms with Gasteiger partial charge in [-0.3, -0.25) is 0 Å². The highest BCUT2D eigenvalue weighted by molar-refractivity contribution is 6.30. The van der Waals surface area contributed by atoms with E-state index in [0.29, 0.717) is 17.6 Å². The number of likely N-dealkylation sites (N-methyl/N-ethyl adjacent to an activating group) is 1. The second-order valence-electron chi connectivity index (χ2n) is 4.10. The number of methoxy groups -OCH3 is 1. The van der Waals surface area contributed by atoms with Crippen molar-refractivity contribution in [3.05, 3.63) is 16.5 Å². The molecule has 1 unspecified atom stereocenters. The summed E-state index contributed by atoms with van der Waals surface area (Å²) in [7, 11) is 1.70. The Balaban J connectivity index is 3.11. The first-order valence-corrected chi connectivity index (χ1v) is 6.15. The second-order valence-corrected chi connectivity index (χ2v) is 4.46. The van der Waals surface area contributed by atoms with Crippen LogP contribution in [-0.2, 0) is 4.74 Å². The highest BCUT2D eigenvalue weighted by atomic mass is 35.5. The van der Waals surface area contributed by atoms with Gasteiger partial charge in [-0.25, -0.2) is 9.97 Å². The van der Waals surface area contributed by atoms with E-state index in [2.05, 4.69) is 28.7 Å². The predicted molar refractivity (Wildman–Crippen MR) is 70.9 cm³/mol. The number of hydrogen-bond acceptors (Lipinski definition) is 4. The van der Waals surface area contributed by atoms with E-state index < -0.39 is 0 Å². The van der Waals surface area contributed by atoms with Crippen LogP contribution in [0.15, 0.2) is 0 Å². The topological polar surface area (TPSA) is 38.2 Å². The summed E-state index contributed by atoms with van der Waals surface area (Å²) in [6, 6.07) is 0.258. The van der Waals surface area contributed by atoms with Gasteiger partial charge in [-0.2, -0.15) is 0 Å². The zero-order valence-electron chi connectivity index (χ0n) is 11.1. The lowest BCUT2D eigenvalue weighted by Gasteiger charge is -2.30. The number of anilines is 1. The molecule has 0 saturated carbocycles. The molecule has 5 heteroatoms. The maximum atomic E-state index is 6.09. The Morgan fingerprint density at radius 1 is 1.35 bits per heavy atom. The molecule has 0 fully saturated rings. The molecule has 0 aromatic carbocycles. The van der Waals surface area contributed by atoms with Crippen LogP contribution in [0.5, 0.6) is 0 Å². The largest absolute Gasteiger partial charge is 0.383 e.